The van der Waals surface area contributed by atoms with Crippen LogP contribution in [0.3, 0.4) is 0 Å². The lowest BCUT2D eigenvalue weighted by atomic mass is 10.0. The SMILES string of the molecule is O=C(O)CCC/C=C/CCCCC[C@@H]1C=CCC1. The zero-order chi connectivity index (χ0) is 13.1. The van der Waals surface area contributed by atoms with Crippen LogP contribution < -0.4 is 0 Å². The molecule has 0 bridgehead atoms. The molecule has 0 aromatic heterocycles. The topological polar surface area (TPSA) is 37.3 Å². The second kappa shape index (κ2) is 9.93. The zero-order valence-corrected chi connectivity index (χ0v) is 11.3. The Morgan fingerprint density at radius 2 is 1.94 bits per heavy atom. The Kier molecular flexibility index (Phi) is 8.28. The predicted octanol–water partition coefficient (Wildman–Crippen LogP) is 4.71. The van der Waals surface area contributed by atoms with Gasteiger partial charge in [0.05, 0.1) is 0 Å². The van der Waals surface area contributed by atoms with Crippen LogP contribution in [-0.4, -0.2) is 11.1 Å². The molecule has 1 rings (SSSR count). The number of aliphatic carboxylic acids is 1. The van der Waals surface area contributed by atoms with E-state index >= 15 is 0 Å². The Labute approximate surface area is 111 Å². The van der Waals surface area contributed by atoms with Gasteiger partial charge in [0, 0.05) is 6.42 Å². The summed E-state index contributed by atoms with van der Waals surface area (Å²) >= 11 is 0. The van der Waals surface area contributed by atoms with Crippen molar-refractivity contribution in [3.05, 3.63) is 24.3 Å². The summed E-state index contributed by atoms with van der Waals surface area (Å²) in [5, 5.41) is 8.47. The number of unbranched alkanes of at least 4 members (excludes halogenated alkanes) is 4. The molecule has 102 valence electrons. The highest BCUT2D eigenvalue weighted by Crippen LogP contribution is 2.22. The van der Waals surface area contributed by atoms with Crippen LogP contribution in [0.2, 0.25) is 0 Å². The van der Waals surface area contributed by atoms with E-state index in [1.165, 1.54) is 38.5 Å². The number of carboxylic acids is 1. The summed E-state index contributed by atoms with van der Waals surface area (Å²) in [5.41, 5.74) is 0. The fraction of sp³-hybridized carbons (Fsp3) is 0.688. The standard InChI is InChI=1S/C16H26O2/c17-16(18)14-8-6-4-2-1-3-5-7-11-15-12-9-10-13-15/h2,4,9,12,15H,1,3,5-8,10-11,13-14H2,(H,17,18)/b4-2+/t15-/m1/s1. The number of hydrogen-bond donors (Lipinski definition) is 1. The van der Waals surface area contributed by atoms with Crippen molar-refractivity contribution in [1.29, 1.82) is 0 Å². The molecular weight excluding hydrogens is 224 g/mol. The summed E-state index contributed by atoms with van der Waals surface area (Å²) in [7, 11) is 0. The third kappa shape index (κ3) is 8.10. The number of carboxylic acid groups (broad SMARTS) is 1. The van der Waals surface area contributed by atoms with E-state index in [-0.39, 0.29) is 0 Å². The molecule has 1 N–H and O–H groups in total. The second-order valence-electron chi connectivity index (χ2n) is 5.16. The van der Waals surface area contributed by atoms with Crippen LogP contribution in [0.15, 0.2) is 24.3 Å². The van der Waals surface area contributed by atoms with E-state index in [0.717, 1.165) is 25.2 Å². The van der Waals surface area contributed by atoms with Crippen LogP contribution in [0.25, 0.3) is 0 Å². The van der Waals surface area contributed by atoms with E-state index in [4.69, 9.17) is 5.11 Å². The molecule has 0 amide bonds. The average Bonchev–Trinajstić information content (AvgIpc) is 2.84. The minimum absolute atomic E-state index is 0.291. The summed E-state index contributed by atoms with van der Waals surface area (Å²) in [5.74, 6) is 0.168. The van der Waals surface area contributed by atoms with Gasteiger partial charge in [-0.2, -0.15) is 0 Å². The van der Waals surface area contributed by atoms with Gasteiger partial charge in [0.15, 0.2) is 0 Å². The van der Waals surface area contributed by atoms with Crippen LogP contribution in [0.4, 0.5) is 0 Å². The highest BCUT2D eigenvalue weighted by molar-refractivity contribution is 5.66. The molecule has 1 atom stereocenters. The molecule has 0 fully saturated rings. The van der Waals surface area contributed by atoms with Crippen LogP contribution in [-0.2, 0) is 4.79 Å². The van der Waals surface area contributed by atoms with Gasteiger partial charge in [0.1, 0.15) is 0 Å². The normalized spacial score (nSPS) is 18.8. The highest BCUT2D eigenvalue weighted by Gasteiger charge is 2.07. The molecule has 1 aliphatic carbocycles. The van der Waals surface area contributed by atoms with Crippen molar-refractivity contribution >= 4 is 5.97 Å². The Morgan fingerprint density at radius 1 is 1.17 bits per heavy atom. The summed E-state index contributed by atoms with van der Waals surface area (Å²) in [4.78, 5) is 10.3. The van der Waals surface area contributed by atoms with E-state index in [1.807, 2.05) is 0 Å². The molecule has 0 radical (unpaired) electrons. The van der Waals surface area contributed by atoms with Crippen molar-refractivity contribution in [2.75, 3.05) is 0 Å². The summed E-state index contributed by atoms with van der Waals surface area (Å²) in [6.45, 7) is 0. The first-order chi connectivity index (χ1) is 8.79. The number of allylic oxidation sites excluding steroid dienone is 4. The van der Waals surface area contributed by atoms with Crippen molar-refractivity contribution in [1.82, 2.24) is 0 Å². The minimum Gasteiger partial charge on any atom is -0.481 e. The van der Waals surface area contributed by atoms with Gasteiger partial charge in [0.2, 0.25) is 0 Å². The molecule has 0 saturated heterocycles. The molecule has 1 aliphatic rings. The fourth-order valence-corrected chi connectivity index (χ4v) is 2.39. The second-order valence-corrected chi connectivity index (χ2v) is 5.16. The molecule has 0 unspecified atom stereocenters. The average molecular weight is 250 g/mol. The lowest BCUT2D eigenvalue weighted by Crippen LogP contribution is -1.92. The molecular formula is C16H26O2. The Hall–Kier alpha value is -1.05. The zero-order valence-electron chi connectivity index (χ0n) is 11.3. The smallest absolute Gasteiger partial charge is 0.303 e. The van der Waals surface area contributed by atoms with Crippen molar-refractivity contribution < 1.29 is 9.90 Å². The molecule has 0 saturated carbocycles. The molecule has 18 heavy (non-hydrogen) atoms. The number of carbonyl (C=O) groups is 1. The minimum atomic E-state index is -0.690. The Morgan fingerprint density at radius 3 is 2.61 bits per heavy atom. The highest BCUT2D eigenvalue weighted by atomic mass is 16.4. The summed E-state index contributed by atoms with van der Waals surface area (Å²) in [6, 6.07) is 0. The molecule has 2 heteroatoms. The first-order valence-corrected chi connectivity index (χ1v) is 7.32. The Balaban J connectivity index is 1.81. The fourth-order valence-electron chi connectivity index (χ4n) is 2.39. The quantitative estimate of drug-likeness (QED) is 0.450. The lowest BCUT2D eigenvalue weighted by Gasteiger charge is -2.05. The molecule has 0 aromatic rings. The summed E-state index contributed by atoms with van der Waals surface area (Å²) < 4.78 is 0. The summed E-state index contributed by atoms with van der Waals surface area (Å²) in [6.07, 6.45) is 20.1. The van der Waals surface area contributed by atoms with Gasteiger partial charge in [-0.15, -0.1) is 0 Å². The predicted molar refractivity (Wildman–Crippen MR) is 75.6 cm³/mol. The first kappa shape index (κ1) is 15.0. The van der Waals surface area contributed by atoms with Gasteiger partial charge in [-0.3, -0.25) is 4.79 Å². The first-order valence-electron chi connectivity index (χ1n) is 7.32. The molecule has 0 aromatic carbocycles. The molecule has 0 heterocycles. The van der Waals surface area contributed by atoms with Gasteiger partial charge < -0.3 is 5.11 Å². The van der Waals surface area contributed by atoms with Gasteiger partial charge in [-0.25, -0.2) is 0 Å². The van der Waals surface area contributed by atoms with Crippen molar-refractivity contribution in [2.24, 2.45) is 5.92 Å². The maximum Gasteiger partial charge on any atom is 0.303 e. The maximum atomic E-state index is 10.3. The van der Waals surface area contributed by atoms with Crippen LogP contribution >= 0.6 is 0 Å². The van der Waals surface area contributed by atoms with Gasteiger partial charge in [-0.05, 0) is 50.9 Å². The Bertz CT molecular complexity index is 279. The van der Waals surface area contributed by atoms with Crippen LogP contribution in [0, 0.1) is 5.92 Å². The maximum absolute atomic E-state index is 10.3. The van der Waals surface area contributed by atoms with Gasteiger partial charge in [0.25, 0.3) is 0 Å². The van der Waals surface area contributed by atoms with E-state index in [2.05, 4.69) is 24.3 Å². The molecule has 0 spiro atoms. The van der Waals surface area contributed by atoms with Crippen LogP contribution in [0.5, 0.6) is 0 Å². The monoisotopic (exact) mass is 250 g/mol. The van der Waals surface area contributed by atoms with Gasteiger partial charge in [-0.1, -0.05) is 37.1 Å². The third-order valence-corrected chi connectivity index (χ3v) is 3.49. The van der Waals surface area contributed by atoms with Gasteiger partial charge >= 0.3 is 5.97 Å². The number of hydrogen-bond acceptors (Lipinski definition) is 1. The van der Waals surface area contributed by atoms with E-state index in [1.54, 1.807) is 0 Å². The van der Waals surface area contributed by atoms with E-state index in [9.17, 15) is 4.79 Å². The third-order valence-electron chi connectivity index (χ3n) is 3.49. The lowest BCUT2D eigenvalue weighted by molar-refractivity contribution is -0.137. The molecule has 0 aliphatic heterocycles. The van der Waals surface area contributed by atoms with Crippen molar-refractivity contribution in [3.8, 4) is 0 Å². The van der Waals surface area contributed by atoms with Crippen LogP contribution in [0.1, 0.15) is 64.2 Å². The molecule has 2 nitrogen and oxygen atoms in total. The largest absolute Gasteiger partial charge is 0.481 e. The van der Waals surface area contributed by atoms with E-state index in [0.29, 0.717) is 6.42 Å². The van der Waals surface area contributed by atoms with Crippen molar-refractivity contribution in [3.63, 3.8) is 0 Å². The van der Waals surface area contributed by atoms with E-state index < -0.39 is 5.97 Å². The van der Waals surface area contributed by atoms with Crippen molar-refractivity contribution in [2.45, 2.75) is 64.2 Å². The number of rotatable bonds is 10.